The topological polar surface area (TPSA) is 140 Å². The fraction of sp³-hybridized carbons (Fsp3) is 0.375. The highest BCUT2D eigenvalue weighted by molar-refractivity contribution is 5.87. The SMILES string of the molecule is O=C[C@H](O)[C@@H](O)[C@H](O)[C@H](O)COC(=O)Cc1c[nH]c2ccccc12. The monoisotopic (exact) mass is 337 g/mol. The number of ether oxygens (including phenoxy) is 1. The number of H-pyrrole nitrogens is 1. The fourth-order valence-corrected chi connectivity index (χ4v) is 2.27. The number of carbonyl (C=O) groups is 2. The number of hydrogen-bond donors (Lipinski definition) is 5. The van der Waals surface area contributed by atoms with Gasteiger partial charge < -0.3 is 34.9 Å². The van der Waals surface area contributed by atoms with Gasteiger partial charge in [-0.3, -0.25) is 4.79 Å². The average molecular weight is 337 g/mol. The quantitative estimate of drug-likeness (QED) is 0.304. The van der Waals surface area contributed by atoms with E-state index in [-0.39, 0.29) is 12.7 Å². The molecule has 0 aliphatic rings. The Morgan fingerprint density at radius 1 is 1.17 bits per heavy atom. The molecule has 24 heavy (non-hydrogen) atoms. The maximum Gasteiger partial charge on any atom is 0.310 e. The third-order valence-electron chi connectivity index (χ3n) is 3.66. The molecule has 0 fully saturated rings. The molecule has 0 saturated carbocycles. The lowest BCUT2D eigenvalue weighted by Gasteiger charge is -2.23. The van der Waals surface area contributed by atoms with Crippen molar-refractivity contribution < 1.29 is 34.8 Å². The minimum absolute atomic E-state index is 0.0314. The summed E-state index contributed by atoms with van der Waals surface area (Å²) in [6.07, 6.45) is -5.49. The van der Waals surface area contributed by atoms with Crippen LogP contribution in [0.15, 0.2) is 30.5 Å². The van der Waals surface area contributed by atoms with Crippen LogP contribution in [0.25, 0.3) is 10.9 Å². The Morgan fingerprint density at radius 2 is 1.88 bits per heavy atom. The zero-order valence-electron chi connectivity index (χ0n) is 12.7. The number of para-hydroxylation sites is 1. The predicted molar refractivity (Wildman–Crippen MR) is 83.1 cm³/mol. The van der Waals surface area contributed by atoms with Gasteiger partial charge in [0.1, 0.15) is 31.0 Å². The molecule has 2 rings (SSSR count). The molecule has 0 aliphatic heterocycles. The molecule has 0 amide bonds. The highest BCUT2D eigenvalue weighted by Gasteiger charge is 2.30. The van der Waals surface area contributed by atoms with E-state index in [1.165, 1.54) is 0 Å². The molecule has 1 aromatic heterocycles. The number of carbonyl (C=O) groups excluding carboxylic acids is 2. The number of aromatic amines is 1. The van der Waals surface area contributed by atoms with Gasteiger partial charge in [-0.15, -0.1) is 0 Å². The van der Waals surface area contributed by atoms with Crippen LogP contribution in [0.3, 0.4) is 0 Å². The van der Waals surface area contributed by atoms with Crippen LogP contribution in [-0.2, 0) is 20.7 Å². The van der Waals surface area contributed by atoms with Crippen molar-refractivity contribution in [2.24, 2.45) is 0 Å². The average Bonchev–Trinajstić information content (AvgIpc) is 3.00. The number of rotatable bonds is 8. The van der Waals surface area contributed by atoms with Crippen LogP contribution >= 0.6 is 0 Å². The van der Waals surface area contributed by atoms with Crippen LogP contribution < -0.4 is 0 Å². The molecule has 1 aromatic carbocycles. The summed E-state index contributed by atoms with van der Waals surface area (Å²) < 4.78 is 4.87. The second-order valence-corrected chi connectivity index (χ2v) is 5.39. The molecular formula is C16H19NO7. The summed E-state index contributed by atoms with van der Waals surface area (Å²) >= 11 is 0. The van der Waals surface area contributed by atoms with Crippen molar-refractivity contribution in [1.82, 2.24) is 4.98 Å². The van der Waals surface area contributed by atoms with E-state index in [0.29, 0.717) is 0 Å². The minimum atomic E-state index is -1.87. The largest absolute Gasteiger partial charge is 0.463 e. The van der Waals surface area contributed by atoms with Gasteiger partial charge in [0.2, 0.25) is 0 Å². The molecule has 8 heteroatoms. The van der Waals surface area contributed by atoms with Crippen molar-refractivity contribution in [2.45, 2.75) is 30.8 Å². The zero-order chi connectivity index (χ0) is 17.7. The van der Waals surface area contributed by atoms with Crippen molar-refractivity contribution >= 4 is 23.2 Å². The maximum atomic E-state index is 11.8. The number of aliphatic hydroxyl groups excluding tert-OH is 4. The Bertz CT molecular complexity index is 699. The molecule has 4 atom stereocenters. The Morgan fingerprint density at radius 3 is 2.58 bits per heavy atom. The van der Waals surface area contributed by atoms with E-state index in [4.69, 9.17) is 9.84 Å². The van der Waals surface area contributed by atoms with Crippen LogP contribution in [0.2, 0.25) is 0 Å². The van der Waals surface area contributed by atoms with Gasteiger partial charge in [0.15, 0.2) is 6.29 Å². The van der Waals surface area contributed by atoms with Crippen molar-refractivity contribution in [3.8, 4) is 0 Å². The van der Waals surface area contributed by atoms with Gasteiger partial charge in [-0.1, -0.05) is 18.2 Å². The van der Waals surface area contributed by atoms with Crippen LogP contribution in [0, 0.1) is 0 Å². The maximum absolute atomic E-state index is 11.8. The van der Waals surface area contributed by atoms with E-state index in [1.54, 1.807) is 6.20 Å². The van der Waals surface area contributed by atoms with E-state index >= 15 is 0 Å². The Balaban J connectivity index is 1.87. The van der Waals surface area contributed by atoms with Gasteiger partial charge in [0, 0.05) is 17.1 Å². The first-order valence-electron chi connectivity index (χ1n) is 7.32. The minimum Gasteiger partial charge on any atom is -0.463 e. The molecule has 2 aromatic rings. The molecule has 0 aliphatic carbocycles. The number of aliphatic hydroxyl groups is 4. The third-order valence-corrected chi connectivity index (χ3v) is 3.66. The molecule has 0 unspecified atom stereocenters. The lowest BCUT2D eigenvalue weighted by atomic mass is 10.0. The summed E-state index contributed by atoms with van der Waals surface area (Å²) in [6, 6.07) is 7.41. The summed E-state index contributed by atoms with van der Waals surface area (Å²) in [7, 11) is 0. The normalized spacial score (nSPS) is 16.3. The number of aromatic nitrogens is 1. The number of fused-ring (bicyclic) bond motifs is 1. The lowest BCUT2D eigenvalue weighted by Crippen LogP contribution is -2.46. The van der Waals surface area contributed by atoms with Crippen molar-refractivity contribution in [2.75, 3.05) is 6.61 Å². The molecule has 0 bridgehead atoms. The molecule has 8 nitrogen and oxygen atoms in total. The van der Waals surface area contributed by atoms with Gasteiger partial charge in [0.05, 0.1) is 6.42 Å². The van der Waals surface area contributed by atoms with Crippen molar-refractivity contribution in [3.05, 3.63) is 36.0 Å². The lowest BCUT2D eigenvalue weighted by molar-refractivity contribution is -0.155. The molecule has 1 heterocycles. The fourth-order valence-electron chi connectivity index (χ4n) is 2.27. The summed E-state index contributed by atoms with van der Waals surface area (Å²) in [5.74, 6) is -0.628. The van der Waals surface area contributed by atoms with Crippen LogP contribution in [0.5, 0.6) is 0 Å². The highest BCUT2D eigenvalue weighted by Crippen LogP contribution is 2.18. The number of nitrogens with one attached hydrogen (secondary N) is 1. The van der Waals surface area contributed by atoms with Crippen LogP contribution in [-0.4, -0.2) is 68.7 Å². The summed E-state index contributed by atoms with van der Waals surface area (Å²) in [6.45, 7) is -0.578. The number of esters is 1. The number of aldehydes is 1. The van der Waals surface area contributed by atoms with Gasteiger partial charge in [-0.05, 0) is 11.6 Å². The van der Waals surface area contributed by atoms with E-state index in [1.807, 2.05) is 24.3 Å². The van der Waals surface area contributed by atoms with Crippen molar-refractivity contribution in [1.29, 1.82) is 0 Å². The van der Waals surface area contributed by atoms with Crippen molar-refractivity contribution in [3.63, 3.8) is 0 Å². The zero-order valence-corrected chi connectivity index (χ0v) is 12.7. The molecule has 130 valence electrons. The second kappa shape index (κ2) is 8.02. The highest BCUT2D eigenvalue weighted by atomic mass is 16.5. The van der Waals surface area contributed by atoms with Crippen LogP contribution in [0.1, 0.15) is 5.56 Å². The second-order valence-electron chi connectivity index (χ2n) is 5.39. The van der Waals surface area contributed by atoms with E-state index in [9.17, 15) is 24.9 Å². The molecule has 0 radical (unpaired) electrons. The van der Waals surface area contributed by atoms with E-state index in [0.717, 1.165) is 16.5 Å². The summed E-state index contributed by atoms with van der Waals surface area (Å²) in [4.78, 5) is 25.2. The van der Waals surface area contributed by atoms with Gasteiger partial charge in [-0.25, -0.2) is 0 Å². The Hall–Kier alpha value is -2.26. The molecule has 0 saturated heterocycles. The first kappa shape index (κ1) is 18.1. The smallest absolute Gasteiger partial charge is 0.310 e. The summed E-state index contributed by atoms with van der Waals surface area (Å²) in [5, 5.41) is 38.6. The third kappa shape index (κ3) is 4.18. The molecular weight excluding hydrogens is 318 g/mol. The van der Waals surface area contributed by atoms with Gasteiger partial charge in [-0.2, -0.15) is 0 Å². The van der Waals surface area contributed by atoms with Crippen LogP contribution in [0.4, 0.5) is 0 Å². The van der Waals surface area contributed by atoms with E-state index < -0.39 is 37.0 Å². The molecule has 0 spiro atoms. The van der Waals surface area contributed by atoms with E-state index in [2.05, 4.69) is 4.98 Å². The first-order chi connectivity index (χ1) is 11.4. The number of hydrogen-bond acceptors (Lipinski definition) is 7. The number of benzene rings is 1. The molecule has 5 N–H and O–H groups in total. The Kier molecular flexibility index (Phi) is 6.04. The predicted octanol–water partition coefficient (Wildman–Crippen LogP) is -1.10. The standard InChI is InChI=1S/C16H19NO7/c18-7-12(19)15(22)16(23)13(20)8-24-14(21)5-9-6-17-11-4-2-1-3-10(9)11/h1-4,6-7,12-13,15-17,19-20,22-23H,5,8H2/t12-,13+,15+,16+/m0/s1. The first-order valence-corrected chi connectivity index (χ1v) is 7.32. The Labute approximate surface area is 137 Å². The van der Waals surface area contributed by atoms with Gasteiger partial charge >= 0.3 is 5.97 Å². The summed E-state index contributed by atoms with van der Waals surface area (Å²) in [5.41, 5.74) is 1.60. The van der Waals surface area contributed by atoms with Gasteiger partial charge in [0.25, 0.3) is 0 Å².